The zero-order valence-electron chi connectivity index (χ0n) is 11.1. The second kappa shape index (κ2) is 6.82. The SMILES string of the molecule is COc1cc(NC(=O)Nc2cccc(N)c2)c(Br)cc1Br. The van der Waals surface area contributed by atoms with Crippen molar-refractivity contribution >= 4 is 55.0 Å². The van der Waals surface area contributed by atoms with Gasteiger partial charge in [0.25, 0.3) is 0 Å². The van der Waals surface area contributed by atoms with E-state index in [-0.39, 0.29) is 6.03 Å². The van der Waals surface area contributed by atoms with Crippen molar-refractivity contribution in [2.75, 3.05) is 23.5 Å². The van der Waals surface area contributed by atoms with Gasteiger partial charge in [-0.3, -0.25) is 0 Å². The van der Waals surface area contributed by atoms with Crippen LogP contribution in [-0.2, 0) is 0 Å². The molecule has 7 heteroatoms. The summed E-state index contributed by atoms with van der Waals surface area (Å²) in [5.74, 6) is 0.623. The topological polar surface area (TPSA) is 76.4 Å². The highest BCUT2D eigenvalue weighted by Crippen LogP contribution is 2.34. The lowest BCUT2D eigenvalue weighted by atomic mass is 10.3. The summed E-state index contributed by atoms with van der Waals surface area (Å²) in [5, 5.41) is 5.45. The van der Waals surface area contributed by atoms with Gasteiger partial charge in [0.15, 0.2) is 0 Å². The molecule has 0 bridgehead atoms. The molecule has 0 saturated carbocycles. The van der Waals surface area contributed by atoms with Crippen molar-refractivity contribution in [3.05, 3.63) is 45.3 Å². The molecule has 2 aromatic rings. The van der Waals surface area contributed by atoms with E-state index in [1.54, 1.807) is 43.5 Å². The average Bonchev–Trinajstić information content (AvgIpc) is 2.41. The zero-order chi connectivity index (χ0) is 15.4. The van der Waals surface area contributed by atoms with Gasteiger partial charge in [0.1, 0.15) is 5.75 Å². The third kappa shape index (κ3) is 4.12. The number of nitrogens with one attached hydrogen (secondary N) is 2. The molecule has 0 fully saturated rings. The molecule has 0 aliphatic rings. The maximum absolute atomic E-state index is 12.0. The number of halogens is 2. The fourth-order valence-electron chi connectivity index (χ4n) is 1.68. The van der Waals surface area contributed by atoms with Crippen LogP contribution in [0.4, 0.5) is 21.9 Å². The third-order valence-corrected chi connectivity index (χ3v) is 3.91. The summed E-state index contributed by atoms with van der Waals surface area (Å²) in [7, 11) is 1.56. The Morgan fingerprint density at radius 1 is 1.14 bits per heavy atom. The van der Waals surface area contributed by atoms with E-state index < -0.39 is 0 Å². The van der Waals surface area contributed by atoms with Gasteiger partial charge in [-0.05, 0) is 56.1 Å². The van der Waals surface area contributed by atoms with Crippen molar-refractivity contribution in [1.29, 1.82) is 0 Å². The molecule has 0 aliphatic carbocycles. The highest BCUT2D eigenvalue weighted by atomic mass is 79.9. The van der Waals surface area contributed by atoms with Crippen molar-refractivity contribution in [1.82, 2.24) is 0 Å². The standard InChI is InChI=1S/C14H13Br2N3O2/c1-21-13-7-12(10(15)6-11(13)16)19-14(20)18-9-4-2-3-8(17)5-9/h2-7H,17H2,1H3,(H2,18,19,20). The number of amides is 2. The minimum absolute atomic E-state index is 0.370. The van der Waals surface area contributed by atoms with Crippen LogP contribution < -0.4 is 21.1 Å². The van der Waals surface area contributed by atoms with E-state index in [2.05, 4.69) is 42.5 Å². The van der Waals surface area contributed by atoms with Crippen LogP contribution in [0.1, 0.15) is 0 Å². The number of nitrogen functional groups attached to an aromatic ring is 1. The zero-order valence-corrected chi connectivity index (χ0v) is 14.3. The van der Waals surface area contributed by atoms with Gasteiger partial charge in [0.05, 0.1) is 17.3 Å². The molecule has 2 amide bonds. The number of methoxy groups -OCH3 is 1. The summed E-state index contributed by atoms with van der Waals surface area (Å²) in [6.07, 6.45) is 0. The van der Waals surface area contributed by atoms with Crippen molar-refractivity contribution < 1.29 is 9.53 Å². The number of anilines is 3. The molecule has 0 heterocycles. The molecule has 0 saturated heterocycles. The highest BCUT2D eigenvalue weighted by Gasteiger charge is 2.10. The molecule has 0 aromatic heterocycles. The molecule has 0 aliphatic heterocycles. The maximum atomic E-state index is 12.0. The number of hydrogen-bond donors (Lipinski definition) is 3. The fraction of sp³-hybridized carbons (Fsp3) is 0.0714. The highest BCUT2D eigenvalue weighted by molar-refractivity contribution is 9.11. The Bertz CT molecular complexity index is 677. The minimum Gasteiger partial charge on any atom is -0.495 e. The molecule has 4 N–H and O–H groups in total. The van der Waals surface area contributed by atoms with E-state index in [0.717, 1.165) is 8.95 Å². The number of ether oxygens (including phenoxy) is 1. The van der Waals surface area contributed by atoms with Crippen LogP contribution in [0.2, 0.25) is 0 Å². The van der Waals surface area contributed by atoms with E-state index in [1.807, 2.05) is 0 Å². The molecule has 21 heavy (non-hydrogen) atoms. The summed E-state index contributed by atoms with van der Waals surface area (Å²) < 4.78 is 6.72. The fourth-order valence-corrected chi connectivity index (χ4v) is 2.94. The predicted octanol–water partition coefficient (Wildman–Crippen LogP) is 4.45. The van der Waals surface area contributed by atoms with Gasteiger partial charge in [-0.15, -0.1) is 0 Å². The number of hydrogen-bond acceptors (Lipinski definition) is 3. The van der Waals surface area contributed by atoms with Gasteiger partial charge in [-0.1, -0.05) is 6.07 Å². The second-order valence-corrected chi connectivity index (χ2v) is 5.88. The van der Waals surface area contributed by atoms with E-state index in [9.17, 15) is 4.79 Å². The van der Waals surface area contributed by atoms with Crippen LogP contribution in [0.5, 0.6) is 5.75 Å². The first-order chi connectivity index (χ1) is 9.99. The van der Waals surface area contributed by atoms with Crippen LogP contribution in [0.15, 0.2) is 45.3 Å². The molecule has 5 nitrogen and oxygen atoms in total. The maximum Gasteiger partial charge on any atom is 0.323 e. The van der Waals surface area contributed by atoms with Gasteiger partial charge in [0.2, 0.25) is 0 Å². The lowest BCUT2D eigenvalue weighted by Crippen LogP contribution is -2.19. The summed E-state index contributed by atoms with van der Waals surface area (Å²) >= 11 is 6.76. The Hall–Kier alpha value is -1.73. The van der Waals surface area contributed by atoms with E-state index in [4.69, 9.17) is 10.5 Å². The number of rotatable bonds is 3. The van der Waals surface area contributed by atoms with Gasteiger partial charge in [-0.25, -0.2) is 4.79 Å². The van der Waals surface area contributed by atoms with Gasteiger partial charge in [0, 0.05) is 21.9 Å². The monoisotopic (exact) mass is 413 g/mol. The van der Waals surface area contributed by atoms with Crippen molar-refractivity contribution in [2.45, 2.75) is 0 Å². The lowest BCUT2D eigenvalue weighted by molar-refractivity contribution is 0.262. The molecule has 0 spiro atoms. The summed E-state index contributed by atoms with van der Waals surface area (Å²) in [6.45, 7) is 0. The first-order valence-electron chi connectivity index (χ1n) is 5.96. The van der Waals surface area contributed by atoms with Crippen LogP contribution >= 0.6 is 31.9 Å². The average molecular weight is 415 g/mol. The number of benzene rings is 2. The Morgan fingerprint density at radius 2 is 1.90 bits per heavy atom. The van der Waals surface area contributed by atoms with Crippen LogP contribution in [-0.4, -0.2) is 13.1 Å². The molecule has 2 rings (SSSR count). The first kappa shape index (κ1) is 15.7. The van der Waals surface area contributed by atoms with E-state index in [0.29, 0.717) is 22.8 Å². The molecular formula is C14H13Br2N3O2. The molecule has 0 unspecified atom stereocenters. The third-order valence-electron chi connectivity index (χ3n) is 2.63. The number of nitrogens with two attached hydrogens (primary N) is 1. The number of urea groups is 1. The van der Waals surface area contributed by atoms with Crippen molar-refractivity contribution in [3.8, 4) is 5.75 Å². The van der Waals surface area contributed by atoms with Crippen LogP contribution in [0.3, 0.4) is 0 Å². The van der Waals surface area contributed by atoms with Crippen LogP contribution in [0, 0.1) is 0 Å². The van der Waals surface area contributed by atoms with Gasteiger partial charge in [-0.2, -0.15) is 0 Å². The molecule has 2 aromatic carbocycles. The number of carbonyl (C=O) groups excluding carboxylic acids is 1. The largest absolute Gasteiger partial charge is 0.495 e. The summed E-state index contributed by atoms with van der Waals surface area (Å²) in [6, 6.07) is 10.1. The first-order valence-corrected chi connectivity index (χ1v) is 7.55. The Balaban J connectivity index is 2.12. The smallest absolute Gasteiger partial charge is 0.323 e. The Morgan fingerprint density at radius 3 is 2.57 bits per heavy atom. The van der Waals surface area contributed by atoms with Crippen molar-refractivity contribution in [2.24, 2.45) is 0 Å². The van der Waals surface area contributed by atoms with Gasteiger partial charge < -0.3 is 21.1 Å². The number of carbonyl (C=O) groups is 1. The Labute approximate surface area is 139 Å². The molecular weight excluding hydrogens is 402 g/mol. The Kier molecular flexibility index (Phi) is 5.08. The molecule has 110 valence electrons. The normalized spacial score (nSPS) is 10.0. The van der Waals surface area contributed by atoms with Gasteiger partial charge >= 0.3 is 6.03 Å². The summed E-state index contributed by atoms with van der Waals surface area (Å²) in [4.78, 5) is 12.0. The van der Waals surface area contributed by atoms with Crippen molar-refractivity contribution in [3.63, 3.8) is 0 Å². The quantitative estimate of drug-likeness (QED) is 0.649. The molecule has 0 radical (unpaired) electrons. The van der Waals surface area contributed by atoms with E-state index in [1.165, 1.54) is 0 Å². The van der Waals surface area contributed by atoms with E-state index >= 15 is 0 Å². The summed E-state index contributed by atoms with van der Waals surface area (Å²) in [5.41, 5.74) is 7.46. The van der Waals surface area contributed by atoms with Crippen LogP contribution in [0.25, 0.3) is 0 Å². The lowest BCUT2D eigenvalue weighted by Gasteiger charge is -2.12. The minimum atomic E-state index is -0.370. The predicted molar refractivity (Wildman–Crippen MR) is 91.9 cm³/mol. The second-order valence-electron chi connectivity index (χ2n) is 4.17. The molecule has 0 atom stereocenters.